The fraction of sp³-hybridized carbons (Fsp3) is 0. The third-order valence-corrected chi connectivity index (χ3v) is 5.02. The van der Waals surface area contributed by atoms with Crippen molar-refractivity contribution in [2.24, 2.45) is 0 Å². The second kappa shape index (κ2) is 10.4. The SMILES string of the molecule is Nc1cccc(Oc2ccc(Oc3ccc(Oc4ccc(Oc5ccccc5)cc4)cc3)cc2)c1. The Kier molecular flexibility index (Phi) is 6.49. The van der Waals surface area contributed by atoms with E-state index >= 15 is 0 Å². The van der Waals surface area contributed by atoms with Crippen molar-refractivity contribution in [2.75, 3.05) is 5.73 Å². The summed E-state index contributed by atoms with van der Waals surface area (Å²) in [6.45, 7) is 0. The lowest BCUT2D eigenvalue weighted by Gasteiger charge is -2.10. The van der Waals surface area contributed by atoms with Crippen molar-refractivity contribution < 1.29 is 18.9 Å². The Morgan fingerprint density at radius 3 is 1.00 bits per heavy atom. The lowest BCUT2D eigenvalue weighted by Crippen LogP contribution is -1.89. The van der Waals surface area contributed by atoms with Gasteiger partial charge in [0, 0.05) is 11.8 Å². The Morgan fingerprint density at radius 2 is 0.629 bits per heavy atom. The van der Waals surface area contributed by atoms with Gasteiger partial charge in [-0.15, -0.1) is 0 Å². The van der Waals surface area contributed by atoms with Crippen molar-refractivity contribution in [3.05, 3.63) is 127 Å². The van der Waals surface area contributed by atoms with Crippen LogP contribution in [-0.4, -0.2) is 0 Å². The van der Waals surface area contributed by atoms with E-state index in [9.17, 15) is 0 Å². The Labute approximate surface area is 203 Å². The predicted molar refractivity (Wildman–Crippen MR) is 137 cm³/mol. The second-order valence-corrected chi connectivity index (χ2v) is 7.71. The van der Waals surface area contributed by atoms with Crippen LogP contribution >= 0.6 is 0 Å². The number of hydrogen-bond acceptors (Lipinski definition) is 5. The molecular weight excluding hydrogens is 438 g/mol. The molecule has 0 unspecified atom stereocenters. The molecule has 0 aromatic heterocycles. The zero-order chi connectivity index (χ0) is 23.9. The molecule has 0 bridgehead atoms. The molecule has 0 spiro atoms. The minimum atomic E-state index is 0.656. The molecule has 5 rings (SSSR count). The monoisotopic (exact) mass is 461 g/mol. The summed E-state index contributed by atoms with van der Waals surface area (Å²) in [7, 11) is 0. The highest BCUT2D eigenvalue weighted by atomic mass is 16.5. The van der Waals surface area contributed by atoms with Crippen molar-refractivity contribution >= 4 is 5.69 Å². The van der Waals surface area contributed by atoms with Crippen LogP contribution in [-0.2, 0) is 0 Å². The zero-order valence-corrected chi connectivity index (χ0v) is 18.8. The van der Waals surface area contributed by atoms with E-state index in [4.69, 9.17) is 24.7 Å². The van der Waals surface area contributed by atoms with Gasteiger partial charge in [-0.25, -0.2) is 0 Å². The normalized spacial score (nSPS) is 10.4. The topological polar surface area (TPSA) is 62.9 Å². The molecule has 0 aliphatic rings. The number of rotatable bonds is 8. The highest BCUT2D eigenvalue weighted by Gasteiger charge is 2.03. The van der Waals surface area contributed by atoms with Crippen LogP contribution in [0, 0.1) is 0 Å². The van der Waals surface area contributed by atoms with Crippen LogP contribution in [0.1, 0.15) is 0 Å². The molecule has 35 heavy (non-hydrogen) atoms. The summed E-state index contributed by atoms with van der Waals surface area (Å²) in [5, 5.41) is 0. The van der Waals surface area contributed by atoms with Gasteiger partial charge in [-0.3, -0.25) is 0 Å². The number of ether oxygens (including phenoxy) is 4. The summed E-state index contributed by atoms with van der Waals surface area (Å²) in [5.41, 5.74) is 6.45. The molecule has 172 valence electrons. The Morgan fingerprint density at radius 1 is 0.314 bits per heavy atom. The molecule has 0 fully saturated rings. The predicted octanol–water partition coefficient (Wildman–Crippen LogP) is 8.44. The second-order valence-electron chi connectivity index (χ2n) is 7.71. The number of hydrogen-bond donors (Lipinski definition) is 1. The fourth-order valence-corrected chi connectivity index (χ4v) is 3.34. The standard InChI is InChI=1S/C30H23NO4/c31-22-5-4-8-30(21-22)35-29-19-17-28(18-20-29)34-27-15-13-26(14-16-27)33-25-11-9-24(10-12-25)32-23-6-2-1-3-7-23/h1-21H,31H2. The number of anilines is 1. The van der Waals surface area contributed by atoms with Gasteiger partial charge in [0.25, 0.3) is 0 Å². The van der Waals surface area contributed by atoms with Gasteiger partial charge in [0.15, 0.2) is 0 Å². The van der Waals surface area contributed by atoms with Gasteiger partial charge >= 0.3 is 0 Å². The first-order valence-electron chi connectivity index (χ1n) is 11.1. The van der Waals surface area contributed by atoms with E-state index in [-0.39, 0.29) is 0 Å². The lowest BCUT2D eigenvalue weighted by atomic mass is 10.3. The van der Waals surface area contributed by atoms with Crippen LogP contribution in [0.15, 0.2) is 127 Å². The molecule has 5 heteroatoms. The van der Waals surface area contributed by atoms with Gasteiger partial charge in [0.05, 0.1) is 0 Å². The molecule has 0 atom stereocenters. The van der Waals surface area contributed by atoms with Gasteiger partial charge in [-0.2, -0.15) is 0 Å². The highest BCUT2D eigenvalue weighted by Crippen LogP contribution is 2.30. The summed E-state index contributed by atoms with van der Waals surface area (Å²) in [6.07, 6.45) is 0. The largest absolute Gasteiger partial charge is 0.457 e. The maximum absolute atomic E-state index is 5.93. The molecule has 0 saturated heterocycles. The maximum atomic E-state index is 5.93. The maximum Gasteiger partial charge on any atom is 0.129 e. The molecule has 5 aromatic rings. The van der Waals surface area contributed by atoms with Crippen LogP contribution in [0.5, 0.6) is 46.0 Å². The van der Waals surface area contributed by atoms with E-state index in [0.29, 0.717) is 34.4 Å². The van der Waals surface area contributed by atoms with Crippen LogP contribution < -0.4 is 24.7 Å². The van der Waals surface area contributed by atoms with Crippen LogP contribution in [0.3, 0.4) is 0 Å². The first kappa shape index (κ1) is 21.9. The van der Waals surface area contributed by atoms with Crippen molar-refractivity contribution in [3.8, 4) is 46.0 Å². The van der Waals surface area contributed by atoms with E-state index in [1.165, 1.54) is 0 Å². The quantitative estimate of drug-likeness (QED) is 0.235. The minimum Gasteiger partial charge on any atom is -0.457 e. The number of nitrogens with two attached hydrogens (primary N) is 1. The van der Waals surface area contributed by atoms with Gasteiger partial charge < -0.3 is 24.7 Å². The van der Waals surface area contributed by atoms with E-state index in [1.54, 1.807) is 6.07 Å². The van der Waals surface area contributed by atoms with E-state index in [0.717, 1.165) is 17.2 Å². The highest BCUT2D eigenvalue weighted by molar-refractivity contribution is 5.46. The van der Waals surface area contributed by atoms with Gasteiger partial charge in [-0.05, 0) is 97.1 Å². The molecule has 0 amide bonds. The molecule has 0 saturated carbocycles. The number of para-hydroxylation sites is 1. The summed E-state index contributed by atoms with van der Waals surface area (Å²) in [5.74, 6) is 5.76. The van der Waals surface area contributed by atoms with Gasteiger partial charge in [0.1, 0.15) is 46.0 Å². The van der Waals surface area contributed by atoms with Crippen LogP contribution in [0.4, 0.5) is 5.69 Å². The van der Waals surface area contributed by atoms with Crippen molar-refractivity contribution in [1.29, 1.82) is 0 Å². The van der Waals surface area contributed by atoms with E-state index in [1.807, 2.05) is 121 Å². The molecule has 0 heterocycles. The first-order chi connectivity index (χ1) is 17.2. The fourth-order valence-electron chi connectivity index (χ4n) is 3.34. The molecule has 5 aromatic carbocycles. The van der Waals surface area contributed by atoms with Crippen molar-refractivity contribution in [3.63, 3.8) is 0 Å². The van der Waals surface area contributed by atoms with E-state index in [2.05, 4.69) is 0 Å². The van der Waals surface area contributed by atoms with Crippen LogP contribution in [0.25, 0.3) is 0 Å². The molecule has 5 nitrogen and oxygen atoms in total. The average molecular weight is 462 g/mol. The Bertz CT molecular complexity index is 1370. The smallest absolute Gasteiger partial charge is 0.129 e. The first-order valence-corrected chi connectivity index (χ1v) is 11.1. The van der Waals surface area contributed by atoms with Crippen molar-refractivity contribution in [1.82, 2.24) is 0 Å². The summed E-state index contributed by atoms with van der Waals surface area (Å²) < 4.78 is 23.5. The Hall–Kier alpha value is -4.90. The molecule has 0 radical (unpaired) electrons. The third kappa shape index (κ3) is 6.12. The Balaban J connectivity index is 1.15. The van der Waals surface area contributed by atoms with E-state index < -0.39 is 0 Å². The lowest BCUT2D eigenvalue weighted by molar-refractivity contribution is 0.461. The summed E-state index contributed by atoms with van der Waals surface area (Å²) >= 11 is 0. The number of benzene rings is 5. The minimum absolute atomic E-state index is 0.656. The van der Waals surface area contributed by atoms with Gasteiger partial charge in [-0.1, -0.05) is 24.3 Å². The zero-order valence-electron chi connectivity index (χ0n) is 18.8. The molecule has 2 N–H and O–H groups in total. The third-order valence-electron chi connectivity index (χ3n) is 5.02. The molecular formula is C30H23NO4. The summed E-state index contributed by atoms with van der Waals surface area (Å²) in [4.78, 5) is 0. The summed E-state index contributed by atoms with van der Waals surface area (Å²) in [6, 6.07) is 39.3. The molecule has 0 aliphatic heterocycles. The van der Waals surface area contributed by atoms with Gasteiger partial charge in [0.2, 0.25) is 0 Å². The number of nitrogen functional groups attached to an aromatic ring is 1. The van der Waals surface area contributed by atoms with Crippen molar-refractivity contribution in [2.45, 2.75) is 0 Å². The average Bonchev–Trinajstić information content (AvgIpc) is 2.88. The van der Waals surface area contributed by atoms with Crippen LogP contribution in [0.2, 0.25) is 0 Å². The molecule has 0 aliphatic carbocycles.